The molecule has 1 aromatic rings. The van der Waals surface area contributed by atoms with Crippen LogP contribution < -0.4 is 5.32 Å². The lowest BCUT2D eigenvalue weighted by Crippen LogP contribution is -2.50. The molecule has 0 radical (unpaired) electrons. The minimum absolute atomic E-state index is 0.0566. The Morgan fingerprint density at radius 1 is 1.57 bits per heavy atom. The topological polar surface area (TPSA) is 78.8 Å². The Hall–Kier alpha value is -1.47. The lowest BCUT2D eigenvalue weighted by atomic mass is 9.49. The van der Waals surface area contributed by atoms with Crippen molar-refractivity contribution < 1.29 is 9.82 Å². The van der Waals surface area contributed by atoms with E-state index in [1.807, 2.05) is 17.5 Å². The van der Waals surface area contributed by atoms with Gasteiger partial charge in [0, 0.05) is 10.8 Å². The summed E-state index contributed by atoms with van der Waals surface area (Å²) in [6.45, 7) is 3.00. The number of thiophene rings is 1. The molecular weight excluding hydrogens is 287 g/mol. The average Bonchev–Trinajstić information content (AvgIpc) is 2.94. The number of carbonyl (C=O) groups excluding carboxylic acids is 1. The Labute approximate surface area is 128 Å². The normalized spacial score (nSPS) is 21.9. The monoisotopic (exact) mass is 306 g/mol. The Balaban J connectivity index is 1.79. The third kappa shape index (κ3) is 4.79. The zero-order valence-corrected chi connectivity index (χ0v) is 12.6. The van der Waals surface area contributed by atoms with Crippen LogP contribution in [0.15, 0.2) is 35.0 Å². The summed E-state index contributed by atoms with van der Waals surface area (Å²) in [6.07, 6.45) is 3.02. The fourth-order valence-electron chi connectivity index (χ4n) is 2.78. The number of nitrogens with one attached hydrogen (secondary N) is 1. The van der Waals surface area contributed by atoms with E-state index < -0.39 is 6.92 Å². The molecule has 1 aliphatic heterocycles. The van der Waals surface area contributed by atoms with Gasteiger partial charge in [-0.05, 0) is 48.1 Å². The molecule has 0 aromatic carbocycles. The van der Waals surface area contributed by atoms with E-state index in [4.69, 9.17) is 0 Å². The highest BCUT2D eigenvalue weighted by Crippen LogP contribution is 2.29. The van der Waals surface area contributed by atoms with Crippen molar-refractivity contribution in [3.63, 3.8) is 0 Å². The van der Waals surface area contributed by atoms with Crippen molar-refractivity contribution >= 4 is 24.2 Å². The standard InChI is InChI=1S/C14H19BN2O3S/c1-10(17-20)7-11-4-5-13(15(19)9-11)16-14(18)8-12-3-2-6-21-12/h2-3,6,11,13,19H,1,4-5,7-9H2,(H,16,18)/t11-,13-/m0/s1. The smallest absolute Gasteiger partial charge is 0.312 e. The van der Waals surface area contributed by atoms with E-state index in [9.17, 15) is 14.7 Å². The van der Waals surface area contributed by atoms with Crippen LogP contribution in [0.3, 0.4) is 0 Å². The van der Waals surface area contributed by atoms with Crippen LogP contribution in [0.5, 0.6) is 0 Å². The number of nitroso groups, excluding NO2 is 1. The maximum Gasteiger partial charge on any atom is 0.312 e. The molecule has 0 saturated carbocycles. The lowest BCUT2D eigenvalue weighted by molar-refractivity contribution is -0.120. The first-order valence-electron chi connectivity index (χ1n) is 7.09. The van der Waals surface area contributed by atoms with E-state index in [1.165, 1.54) is 0 Å². The fraction of sp³-hybridized carbons (Fsp3) is 0.500. The third-order valence-electron chi connectivity index (χ3n) is 3.84. The van der Waals surface area contributed by atoms with Gasteiger partial charge < -0.3 is 10.3 Å². The molecule has 0 bridgehead atoms. The van der Waals surface area contributed by atoms with Gasteiger partial charge in [-0.1, -0.05) is 12.6 Å². The van der Waals surface area contributed by atoms with E-state index in [1.54, 1.807) is 11.3 Å². The number of rotatable bonds is 6. The lowest BCUT2D eigenvalue weighted by Gasteiger charge is -2.31. The summed E-state index contributed by atoms with van der Waals surface area (Å²) in [5, 5.41) is 17.8. The Morgan fingerprint density at radius 2 is 2.38 bits per heavy atom. The van der Waals surface area contributed by atoms with Crippen molar-refractivity contribution in [1.29, 1.82) is 0 Å². The summed E-state index contributed by atoms with van der Waals surface area (Å²) in [7, 11) is 0. The van der Waals surface area contributed by atoms with Crippen molar-refractivity contribution in [2.24, 2.45) is 11.1 Å². The molecule has 1 fully saturated rings. The van der Waals surface area contributed by atoms with Crippen LogP contribution in [0.1, 0.15) is 24.1 Å². The van der Waals surface area contributed by atoms with Crippen molar-refractivity contribution in [1.82, 2.24) is 5.32 Å². The SMILES string of the molecule is C=C(C[C@@H]1CC[C@H](NC(=O)Cc2cccs2)B(O)C1)N=O. The van der Waals surface area contributed by atoms with Crippen LogP contribution in [0, 0.1) is 10.8 Å². The maximum absolute atomic E-state index is 11.9. The van der Waals surface area contributed by atoms with E-state index in [0.717, 1.165) is 11.3 Å². The number of nitrogens with zero attached hydrogens (tertiary/aromatic N) is 1. The summed E-state index contributed by atoms with van der Waals surface area (Å²) < 4.78 is 0. The molecule has 5 nitrogen and oxygen atoms in total. The van der Waals surface area contributed by atoms with Gasteiger partial charge in [-0.2, -0.15) is 0 Å². The van der Waals surface area contributed by atoms with E-state index in [2.05, 4.69) is 17.1 Å². The first-order chi connectivity index (χ1) is 10.1. The predicted octanol–water partition coefficient (Wildman–Crippen LogP) is 2.38. The number of hydrogen-bond donors (Lipinski definition) is 2. The second-order valence-corrected chi connectivity index (χ2v) is 6.57. The van der Waals surface area contributed by atoms with Crippen molar-refractivity contribution in [3.8, 4) is 0 Å². The fourth-order valence-corrected chi connectivity index (χ4v) is 3.49. The number of allylic oxidation sites excluding steroid dienone is 1. The molecule has 0 aliphatic carbocycles. The summed E-state index contributed by atoms with van der Waals surface area (Å²) in [4.78, 5) is 23.3. The Morgan fingerprint density at radius 3 is 3.00 bits per heavy atom. The summed E-state index contributed by atoms with van der Waals surface area (Å²) in [6, 6.07) is 3.84. The molecule has 0 unspecified atom stereocenters. The Bertz CT molecular complexity index is 506. The van der Waals surface area contributed by atoms with E-state index >= 15 is 0 Å². The molecule has 2 heterocycles. The van der Waals surface area contributed by atoms with E-state index in [0.29, 0.717) is 31.3 Å². The molecule has 7 heteroatoms. The van der Waals surface area contributed by atoms with Gasteiger partial charge in [-0.3, -0.25) is 4.79 Å². The molecule has 1 aromatic heterocycles. The highest BCUT2D eigenvalue weighted by atomic mass is 32.1. The minimum Gasteiger partial charge on any atom is -0.449 e. The maximum atomic E-state index is 11.9. The Kier molecular flexibility index (Phi) is 5.70. The summed E-state index contributed by atoms with van der Waals surface area (Å²) in [5.41, 5.74) is 0.326. The second-order valence-electron chi connectivity index (χ2n) is 5.54. The van der Waals surface area contributed by atoms with Crippen LogP contribution in [0.25, 0.3) is 0 Å². The zero-order valence-electron chi connectivity index (χ0n) is 11.8. The van der Waals surface area contributed by atoms with Crippen molar-refractivity contribution in [2.45, 2.75) is 37.9 Å². The van der Waals surface area contributed by atoms with Gasteiger partial charge in [0.1, 0.15) is 0 Å². The van der Waals surface area contributed by atoms with Gasteiger partial charge in [0.15, 0.2) is 0 Å². The number of amides is 1. The number of hydrogen-bond acceptors (Lipinski definition) is 5. The molecule has 0 spiro atoms. The molecule has 2 rings (SSSR count). The van der Waals surface area contributed by atoms with E-state index in [-0.39, 0.29) is 17.8 Å². The van der Waals surface area contributed by atoms with Crippen LogP contribution in [0.4, 0.5) is 0 Å². The molecule has 21 heavy (non-hydrogen) atoms. The van der Waals surface area contributed by atoms with Crippen LogP contribution in [-0.2, 0) is 11.2 Å². The second kappa shape index (κ2) is 7.52. The molecular formula is C14H19BN2O3S. The largest absolute Gasteiger partial charge is 0.449 e. The minimum atomic E-state index is -0.574. The van der Waals surface area contributed by atoms with Gasteiger partial charge in [0.05, 0.1) is 12.1 Å². The molecule has 2 N–H and O–H groups in total. The molecule has 1 saturated heterocycles. The quantitative estimate of drug-likeness (QED) is 0.625. The molecule has 112 valence electrons. The average molecular weight is 306 g/mol. The molecule has 1 amide bonds. The number of carbonyl (C=O) groups is 1. The van der Waals surface area contributed by atoms with Crippen LogP contribution >= 0.6 is 11.3 Å². The van der Waals surface area contributed by atoms with Crippen LogP contribution in [-0.4, -0.2) is 23.8 Å². The van der Waals surface area contributed by atoms with Gasteiger partial charge in [-0.25, -0.2) is 0 Å². The van der Waals surface area contributed by atoms with Gasteiger partial charge >= 0.3 is 6.92 Å². The van der Waals surface area contributed by atoms with Crippen LogP contribution in [0.2, 0.25) is 6.32 Å². The van der Waals surface area contributed by atoms with Crippen molar-refractivity contribution in [3.05, 3.63) is 39.6 Å². The first kappa shape index (κ1) is 15.9. The third-order valence-corrected chi connectivity index (χ3v) is 4.72. The molecule has 1 aliphatic rings. The molecule has 2 atom stereocenters. The first-order valence-corrected chi connectivity index (χ1v) is 7.97. The highest BCUT2D eigenvalue weighted by molar-refractivity contribution is 7.10. The van der Waals surface area contributed by atoms with Crippen molar-refractivity contribution in [2.75, 3.05) is 0 Å². The van der Waals surface area contributed by atoms with Gasteiger partial charge in [0.2, 0.25) is 5.91 Å². The summed E-state index contributed by atoms with van der Waals surface area (Å²) in [5.74, 6) is -0.0410. The van der Waals surface area contributed by atoms with Gasteiger partial charge in [-0.15, -0.1) is 16.2 Å². The summed E-state index contributed by atoms with van der Waals surface area (Å²) >= 11 is 1.55. The predicted molar refractivity (Wildman–Crippen MR) is 85.0 cm³/mol. The highest BCUT2D eigenvalue weighted by Gasteiger charge is 2.34. The van der Waals surface area contributed by atoms with Gasteiger partial charge in [0.25, 0.3) is 0 Å². The zero-order chi connectivity index (χ0) is 15.2.